The average Bonchev–Trinajstić information content (AvgIpc) is 2.88. The normalized spacial score (nSPS) is 24.2. The number of ether oxygens (including phenoxy) is 1. The van der Waals surface area contributed by atoms with Crippen molar-refractivity contribution < 1.29 is 17.9 Å². The molecule has 1 N–H and O–H groups in total. The summed E-state index contributed by atoms with van der Waals surface area (Å²) in [4.78, 5) is 17.7. The summed E-state index contributed by atoms with van der Waals surface area (Å²) in [6.45, 7) is 9.24. The van der Waals surface area contributed by atoms with E-state index in [0.717, 1.165) is 58.5 Å². The van der Waals surface area contributed by atoms with Gasteiger partial charge in [-0.25, -0.2) is 0 Å². The second kappa shape index (κ2) is 12.4. The van der Waals surface area contributed by atoms with E-state index in [2.05, 4.69) is 45.4 Å². The van der Waals surface area contributed by atoms with E-state index in [9.17, 15) is 13.2 Å². The smallest absolute Gasteiger partial charge is 0.282 e. The van der Waals surface area contributed by atoms with E-state index in [-0.39, 0.29) is 18.4 Å². The molecular weight excluding hydrogens is 454 g/mol. The van der Waals surface area contributed by atoms with Crippen LogP contribution in [0.2, 0.25) is 0 Å². The van der Waals surface area contributed by atoms with Crippen molar-refractivity contribution in [2.24, 2.45) is 5.92 Å². The van der Waals surface area contributed by atoms with Crippen LogP contribution in [0.4, 0.5) is 0 Å². The molecule has 0 radical (unpaired) electrons. The maximum absolute atomic E-state index is 12.9. The summed E-state index contributed by atoms with van der Waals surface area (Å²) in [6.07, 6.45) is 2.37. The zero-order chi connectivity index (χ0) is 23.8. The molecule has 1 aromatic rings. The van der Waals surface area contributed by atoms with Crippen molar-refractivity contribution in [3.8, 4) is 0 Å². The summed E-state index contributed by atoms with van der Waals surface area (Å²) < 4.78 is 34.1. The van der Waals surface area contributed by atoms with Crippen LogP contribution in [0, 0.1) is 5.92 Å². The van der Waals surface area contributed by atoms with E-state index >= 15 is 0 Å². The van der Waals surface area contributed by atoms with Crippen molar-refractivity contribution in [3.05, 3.63) is 35.9 Å². The quantitative estimate of drug-likeness (QED) is 0.507. The number of piperazine rings is 1. The molecule has 4 rings (SSSR count). The van der Waals surface area contributed by atoms with E-state index in [1.807, 2.05) is 0 Å². The fourth-order valence-corrected chi connectivity index (χ4v) is 6.64. The first-order valence-corrected chi connectivity index (χ1v) is 14.0. The third-order valence-electron chi connectivity index (χ3n) is 7.04. The molecule has 10 heteroatoms. The van der Waals surface area contributed by atoms with Crippen molar-refractivity contribution >= 4 is 16.1 Å². The second-order valence-corrected chi connectivity index (χ2v) is 11.4. The number of carbonyl (C=O) groups excluding carboxylic acids is 1. The van der Waals surface area contributed by atoms with Gasteiger partial charge in [0.15, 0.2) is 0 Å². The fourth-order valence-electron chi connectivity index (χ4n) is 4.98. The second-order valence-electron chi connectivity index (χ2n) is 9.46. The summed E-state index contributed by atoms with van der Waals surface area (Å²) in [6, 6.07) is 10.6. The number of hydrogen-bond donors (Lipinski definition) is 1. The van der Waals surface area contributed by atoms with Gasteiger partial charge in [0.25, 0.3) is 10.2 Å². The van der Waals surface area contributed by atoms with Gasteiger partial charge in [-0.15, -0.1) is 0 Å². The minimum absolute atomic E-state index is 0.0189. The molecule has 3 saturated heterocycles. The number of rotatable bonds is 9. The maximum Gasteiger partial charge on any atom is 0.282 e. The number of nitrogens with one attached hydrogen (secondary N) is 1. The number of benzene rings is 1. The Morgan fingerprint density at radius 3 is 2.38 bits per heavy atom. The highest BCUT2D eigenvalue weighted by Crippen LogP contribution is 2.22. The molecule has 0 aromatic heterocycles. The van der Waals surface area contributed by atoms with Gasteiger partial charge in [0, 0.05) is 65.4 Å². The lowest BCUT2D eigenvalue weighted by atomic mass is 9.99. The van der Waals surface area contributed by atoms with Crippen LogP contribution < -0.4 is 5.32 Å². The van der Waals surface area contributed by atoms with E-state index in [1.54, 1.807) is 0 Å². The molecule has 3 aliphatic heterocycles. The third-order valence-corrected chi connectivity index (χ3v) is 9.04. The zero-order valence-electron chi connectivity index (χ0n) is 20.1. The molecule has 190 valence electrons. The summed E-state index contributed by atoms with van der Waals surface area (Å²) >= 11 is 0. The Bertz CT molecular complexity index is 871. The SMILES string of the molecule is O=C(NCCCN1CCN(Cc2ccccc2)CC1)C1CCCN(S(=O)(=O)N2CCOCC2)C1. The lowest BCUT2D eigenvalue weighted by Crippen LogP contribution is -2.53. The van der Waals surface area contributed by atoms with Gasteiger partial charge in [-0.3, -0.25) is 9.69 Å². The van der Waals surface area contributed by atoms with E-state index in [4.69, 9.17) is 4.74 Å². The molecule has 3 heterocycles. The number of nitrogens with zero attached hydrogens (tertiary/aromatic N) is 4. The van der Waals surface area contributed by atoms with Crippen LogP contribution in [-0.2, 0) is 26.3 Å². The summed E-state index contributed by atoms with van der Waals surface area (Å²) in [7, 11) is -3.52. The molecule has 1 atom stereocenters. The van der Waals surface area contributed by atoms with Gasteiger partial charge in [-0.2, -0.15) is 17.0 Å². The van der Waals surface area contributed by atoms with Crippen LogP contribution in [-0.4, -0.2) is 111 Å². The first kappa shape index (κ1) is 25.5. The highest BCUT2D eigenvalue weighted by molar-refractivity contribution is 7.86. The lowest BCUT2D eigenvalue weighted by molar-refractivity contribution is -0.126. The Balaban J connectivity index is 1.13. The Morgan fingerprint density at radius 1 is 0.941 bits per heavy atom. The number of morpholine rings is 1. The molecule has 0 saturated carbocycles. The van der Waals surface area contributed by atoms with Gasteiger partial charge in [0.2, 0.25) is 5.91 Å². The third kappa shape index (κ3) is 6.99. The zero-order valence-corrected chi connectivity index (χ0v) is 20.9. The molecule has 1 aromatic carbocycles. The maximum atomic E-state index is 12.9. The number of piperidine rings is 1. The molecule has 0 aliphatic carbocycles. The fraction of sp³-hybridized carbons (Fsp3) is 0.708. The molecule has 0 spiro atoms. The number of carbonyl (C=O) groups is 1. The molecule has 0 bridgehead atoms. The molecule has 34 heavy (non-hydrogen) atoms. The highest BCUT2D eigenvalue weighted by Gasteiger charge is 2.36. The van der Waals surface area contributed by atoms with Crippen molar-refractivity contribution in [1.29, 1.82) is 0 Å². The van der Waals surface area contributed by atoms with Crippen LogP contribution >= 0.6 is 0 Å². The topological polar surface area (TPSA) is 85.4 Å². The van der Waals surface area contributed by atoms with Crippen LogP contribution in [0.5, 0.6) is 0 Å². The van der Waals surface area contributed by atoms with E-state index in [1.165, 1.54) is 14.2 Å². The summed E-state index contributed by atoms with van der Waals surface area (Å²) in [5.41, 5.74) is 1.36. The summed E-state index contributed by atoms with van der Waals surface area (Å²) in [5.74, 6) is -0.291. The van der Waals surface area contributed by atoms with Gasteiger partial charge in [0.05, 0.1) is 19.1 Å². The van der Waals surface area contributed by atoms with Gasteiger partial charge in [0.1, 0.15) is 0 Å². The van der Waals surface area contributed by atoms with Crippen LogP contribution in [0.1, 0.15) is 24.8 Å². The number of hydrogen-bond acceptors (Lipinski definition) is 6. The van der Waals surface area contributed by atoms with Gasteiger partial charge >= 0.3 is 0 Å². The Hall–Kier alpha value is -1.56. The Kier molecular flexibility index (Phi) is 9.32. The molecule has 3 aliphatic rings. The standard InChI is InChI=1S/C24H39N5O4S/c30-24(23-8-4-11-29(21-23)34(31,32)28-16-18-33-19-17-28)25-9-5-10-26-12-14-27(15-13-26)20-22-6-2-1-3-7-22/h1-3,6-7,23H,4-5,8-21H2,(H,25,30). The van der Waals surface area contributed by atoms with E-state index in [0.29, 0.717) is 39.4 Å². The largest absolute Gasteiger partial charge is 0.379 e. The minimum Gasteiger partial charge on any atom is -0.379 e. The average molecular weight is 494 g/mol. The van der Waals surface area contributed by atoms with Crippen LogP contribution in [0.25, 0.3) is 0 Å². The van der Waals surface area contributed by atoms with Gasteiger partial charge in [-0.05, 0) is 31.4 Å². The predicted octanol–water partition coefficient (Wildman–Crippen LogP) is 0.600. The van der Waals surface area contributed by atoms with Crippen molar-refractivity contribution in [2.45, 2.75) is 25.8 Å². The van der Waals surface area contributed by atoms with Crippen molar-refractivity contribution in [3.63, 3.8) is 0 Å². The van der Waals surface area contributed by atoms with Crippen molar-refractivity contribution in [2.75, 3.05) is 78.7 Å². The highest BCUT2D eigenvalue weighted by atomic mass is 32.2. The molecule has 1 amide bonds. The van der Waals surface area contributed by atoms with Crippen LogP contribution in [0.3, 0.4) is 0 Å². The molecule has 9 nitrogen and oxygen atoms in total. The van der Waals surface area contributed by atoms with Crippen LogP contribution in [0.15, 0.2) is 30.3 Å². The molecular formula is C24H39N5O4S. The Labute approximate surface area is 204 Å². The minimum atomic E-state index is -3.52. The monoisotopic (exact) mass is 493 g/mol. The van der Waals surface area contributed by atoms with E-state index < -0.39 is 10.2 Å². The lowest BCUT2D eigenvalue weighted by Gasteiger charge is -2.36. The van der Waals surface area contributed by atoms with Gasteiger partial charge < -0.3 is 15.0 Å². The summed E-state index contributed by atoms with van der Waals surface area (Å²) in [5, 5.41) is 3.05. The number of amides is 1. The first-order valence-electron chi connectivity index (χ1n) is 12.6. The molecule has 3 fully saturated rings. The Morgan fingerprint density at radius 2 is 1.65 bits per heavy atom. The van der Waals surface area contributed by atoms with Gasteiger partial charge in [-0.1, -0.05) is 30.3 Å². The molecule has 1 unspecified atom stereocenters. The predicted molar refractivity (Wildman–Crippen MR) is 131 cm³/mol. The van der Waals surface area contributed by atoms with Crippen molar-refractivity contribution in [1.82, 2.24) is 23.7 Å². The first-order chi connectivity index (χ1) is 16.5.